The molecule has 0 radical (unpaired) electrons. The molecule has 0 amide bonds. The first kappa shape index (κ1) is 11.8. The van der Waals surface area contributed by atoms with E-state index in [1.54, 1.807) is 12.5 Å². The van der Waals surface area contributed by atoms with Crippen molar-refractivity contribution in [2.45, 2.75) is 19.4 Å². The summed E-state index contributed by atoms with van der Waals surface area (Å²) in [5.41, 5.74) is 6.63. The highest BCUT2D eigenvalue weighted by Gasteiger charge is 2.08. The van der Waals surface area contributed by atoms with Crippen LogP contribution in [-0.4, -0.2) is 23.1 Å². The van der Waals surface area contributed by atoms with Gasteiger partial charge in [-0.2, -0.15) is 0 Å². The topological polar surface area (TPSA) is 63.8 Å². The molecule has 3 N–H and O–H groups in total. The van der Waals surface area contributed by atoms with E-state index in [9.17, 15) is 0 Å². The summed E-state index contributed by atoms with van der Waals surface area (Å²) in [7, 11) is 0. The van der Waals surface area contributed by atoms with Crippen molar-refractivity contribution < 1.29 is 0 Å². The van der Waals surface area contributed by atoms with E-state index in [1.807, 2.05) is 19.1 Å². The van der Waals surface area contributed by atoms with Gasteiger partial charge in [0.05, 0.1) is 11.7 Å². The van der Waals surface area contributed by atoms with Gasteiger partial charge in [0.2, 0.25) is 0 Å². The van der Waals surface area contributed by atoms with Gasteiger partial charge in [0.15, 0.2) is 0 Å². The average molecular weight is 206 g/mol. The summed E-state index contributed by atoms with van der Waals surface area (Å²) in [6.45, 7) is 3.48. The molecule has 0 aliphatic rings. The number of nitrogens with zero attached hydrogens (tertiary/aromatic N) is 2. The molecule has 1 unspecified atom stereocenters. The number of hydrogen-bond donors (Lipinski definition) is 2. The first-order chi connectivity index (χ1) is 7.38. The fourth-order valence-corrected chi connectivity index (χ4v) is 1.32. The number of allylic oxidation sites excluding steroid dienone is 1. The van der Waals surface area contributed by atoms with Crippen LogP contribution in [0, 0.1) is 0 Å². The van der Waals surface area contributed by atoms with Crippen LogP contribution in [0.15, 0.2) is 30.7 Å². The molecule has 1 aromatic rings. The highest BCUT2D eigenvalue weighted by molar-refractivity contribution is 5.05. The summed E-state index contributed by atoms with van der Waals surface area (Å²) in [5, 5.41) is 3.35. The van der Waals surface area contributed by atoms with E-state index in [0.717, 1.165) is 18.7 Å². The molecule has 0 saturated carbocycles. The Kier molecular flexibility index (Phi) is 5.58. The van der Waals surface area contributed by atoms with Crippen LogP contribution in [0.1, 0.15) is 25.1 Å². The molecule has 0 fully saturated rings. The first-order valence-corrected chi connectivity index (χ1v) is 5.19. The van der Waals surface area contributed by atoms with Crippen molar-refractivity contribution in [2.24, 2.45) is 5.73 Å². The summed E-state index contributed by atoms with van der Waals surface area (Å²) in [6.07, 6.45) is 8.46. The predicted molar refractivity (Wildman–Crippen MR) is 61.3 cm³/mol. The second kappa shape index (κ2) is 7.09. The number of nitrogens with two attached hydrogens (primary N) is 1. The van der Waals surface area contributed by atoms with Crippen molar-refractivity contribution in [1.29, 1.82) is 0 Å². The Morgan fingerprint density at radius 3 is 3.07 bits per heavy atom. The standard InChI is InChI=1S/C11H18N4/c1-2-3-4-6-14-11(8-12)10-5-7-13-9-15-10/h2-3,5,7,9,11,14H,4,6,8,12H2,1H3/b3-2+. The Bertz CT molecular complexity index is 284. The Balaban J connectivity index is 2.43. The van der Waals surface area contributed by atoms with Gasteiger partial charge in [0, 0.05) is 12.7 Å². The normalized spacial score (nSPS) is 13.2. The van der Waals surface area contributed by atoms with Gasteiger partial charge >= 0.3 is 0 Å². The lowest BCUT2D eigenvalue weighted by Gasteiger charge is -2.15. The average Bonchev–Trinajstić information content (AvgIpc) is 2.30. The molecular weight excluding hydrogens is 188 g/mol. The van der Waals surface area contributed by atoms with E-state index >= 15 is 0 Å². The van der Waals surface area contributed by atoms with Gasteiger partial charge in [-0.05, 0) is 26.0 Å². The Hall–Kier alpha value is -1.26. The molecule has 0 aliphatic heterocycles. The SMILES string of the molecule is C/C=C/CCNC(CN)c1ccncn1. The minimum absolute atomic E-state index is 0.123. The van der Waals surface area contributed by atoms with Crippen molar-refractivity contribution in [1.82, 2.24) is 15.3 Å². The fraction of sp³-hybridized carbons (Fsp3) is 0.455. The van der Waals surface area contributed by atoms with E-state index in [1.165, 1.54) is 0 Å². The summed E-state index contributed by atoms with van der Waals surface area (Å²) < 4.78 is 0. The maximum atomic E-state index is 5.68. The highest BCUT2D eigenvalue weighted by Crippen LogP contribution is 2.06. The predicted octanol–water partition coefficient (Wildman–Crippen LogP) is 1.03. The van der Waals surface area contributed by atoms with E-state index < -0.39 is 0 Å². The molecule has 1 aromatic heterocycles. The van der Waals surface area contributed by atoms with Crippen molar-refractivity contribution in [3.8, 4) is 0 Å². The quantitative estimate of drug-likeness (QED) is 0.539. The summed E-state index contributed by atoms with van der Waals surface area (Å²) in [6, 6.07) is 2.01. The van der Waals surface area contributed by atoms with Gasteiger partial charge in [0.25, 0.3) is 0 Å². The van der Waals surface area contributed by atoms with Crippen LogP contribution in [0.5, 0.6) is 0 Å². The van der Waals surface area contributed by atoms with Gasteiger partial charge in [-0.1, -0.05) is 12.2 Å². The third-order valence-corrected chi connectivity index (χ3v) is 2.14. The largest absolute Gasteiger partial charge is 0.329 e. The molecule has 0 aliphatic carbocycles. The highest BCUT2D eigenvalue weighted by atomic mass is 15.0. The molecule has 1 heterocycles. The minimum Gasteiger partial charge on any atom is -0.329 e. The lowest BCUT2D eigenvalue weighted by molar-refractivity contribution is 0.535. The second-order valence-corrected chi connectivity index (χ2v) is 3.23. The monoisotopic (exact) mass is 206 g/mol. The van der Waals surface area contributed by atoms with Gasteiger partial charge < -0.3 is 11.1 Å². The molecule has 0 aromatic carbocycles. The summed E-state index contributed by atoms with van der Waals surface area (Å²) in [5.74, 6) is 0. The fourth-order valence-electron chi connectivity index (χ4n) is 1.32. The van der Waals surface area contributed by atoms with E-state index in [2.05, 4.69) is 21.4 Å². The third kappa shape index (κ3) is 4.18. The van der Waals surface area contributed by atoms with Crippen LogP contribution in [0.3, 0.4) is 0 Å². The molecule has 1 rings (SSSR count). The first-order valence-electron chi connectivity index (χ1n) is 5.19. The molecule has 0 spiro atoms. The summed E-state index contributed by atoms with van der Waals surface area (Å²) in [4.78, 5) is 8.06. The molecule has 82 valence electrons. The van der Waals surface area contributed by atoms with Crippen molar-refractivity contribution in [3.05, 3.63) is 36.4 Å². The zero-order valence-corrected chi connectivity index (χ0v) is 9.06. The Morgan fingerprint density at radius 2 is 2.47 bits per heavy atom. The molecule has 0 bridgehead atoms. The van der Waals surface area contributed by atoms with Crippen molar-refractivity contribution in [2.75, 3.05) is 13.1 Å². The van der Waals surface area contributed by atoms with E-state index in [0.29, 0.717) is 6.54 Å². The van der Waals surface area contributed by atoms with Gasteiger partial charge in [-0.25, -0.2) is 9.97 Å². The maximum absolute atomic E-state index is 5.68. The second-order valence-electron chi connectivity index (χ2n) is 3.23. The van der Waals surface area contributed by atoms with Gasteiger partial charge in [-0.15, -0.1) is 0 Å². The Labute approximate surface area is 90.6 Å². The lowest BCUT2D eigenvalue weighted by atomic mass is 10.2. The van der Waals surface area contributed by atoms with Crippen molar-refractivity contribution in [3.63, 3.8) is 0 Å². The molecule has 4 heteroatoms. The maximum Gasteiger partial charge on any atom is 0.115 e. The number of hydrogen-bond acceptors (Lipinski definition) is 4. The third-order valence-electron chi connectivity index (χ3n) is 2.14. The van der Waals surface area contributed by atoms with E-state index in [4.69, 9.17) is 5.73 Å². The number of aromatic nitrogens is 2. The lowest BCUT2D eigenvalue weighted by Crippen LogP contribution is -2.29. The summed E-state index contributed by atoms with van der Waals surface area (Å²) >= 11 is 0. The number of nitrogens with one attached hydrogen (secondary N) is 1. The van der Waals surface area contributed by atoms with Crippen LogP contribution in [-0.2, 0) is 0 Å². The van der Waals surface area contributed by atoms with Crippen LogP contribution >= 0.6 is 0 Å². The smallest absolute Gasteiger partial charge is 0.115 e. The van der Waals surface area contributed by atoms with Crippen LogP contribution in [0.25, 0.3) is 0 Å². The minimum atomic E-state index is 0.123. The zero-order valence-electron chi connectivity index (χ0n) is 9.06. The Morgan fingerprint density at radius 1 is 1.60 bits per heavy atom. The van der Waals surface area contributed by atoms with Crippen molar-refractivity contribution >= 4 is 0 Å². The van der Waals surface area contributed by atoms with Gasteiger partial charge in [-0.3, -0.25) is 0 Å². The molecular formula is C11H18N4. The zero-order chi connectivity index (χ0) is 10.9. The molecule has 0 saturated heterocycles. The van der Waals surface area contributed by atoms with E-state index in [-0.39, 0.29) is 6.04 Å². The molecule has 15 heavy (non-hydrogen) atoms. The number of rotatable bonds is 6. The van der Waals surface area contributed by atoms with Crippen LogP contribution in [0.4, 0.5) is 0 Å². The van der Waals surface area contributed by atoms with Crippen LogP contribution in [0.2, 0.25) is 0 Å². The molecule has 4 nitrogen and oxygen atoms in total. The van der Waals surface area contributed by atoms with Crippen LogP contribution < -0.4 is 11.1 Å². The van der Waals surface area contributed by atoms with Gasteiger partial charge in [0.1, 0.15) is 6.33 Å². The molecule has 1 atom stereocenters.